The van der Waals surface area contributed by atoms with Crippen molar-refractivity contribution in [3.8, 4) is 23.1 Å². The number of nitrogens with zero attached hydrogens (tertiary/aromatic N) is 2. The van der Waals surface area contributed by atoms with E-state index in [-0.39, 0.29) is 19.2 Å². The van der Waals surface area contributed by atoms with E-state index in [9.17, 15) is 9.59 Å². The Labute approximate surface area is 176 Å². The number of hydrogen-bond donors (Lipinski definition) is 2. The monoisotopic (exact) mass is 413 g/mol. The lowest BCUT2D eigenvalue weighted by atomic mass is 10.1. The second kappa shape index (κ2) is 10.5. The second-order valence-electron chi connectivity index (χ2n) is 7.44. The molecule has 0 atom stereocenters. The summed E-state index contributed by atoms with van der Waals surface area (Å²) in [4.78, 5) is 29.1. The van der Waals surface area contributed by atoms with Crippen LogP contribution in [0, 0.1) is 11.8 Å². The molecule has 0 saturated heterocycles. The molecule has 1 amide bonds. The predicted molar refractivity (Wildman–Crippen MR) is 113 cm³/mol. The van der Waals surface area contributed by atoms with Crippen molar-refractivity contribution in [1.82, 2.24) is 9.55 Å². The predicted octanol–water partition coefficient (Wildman–Crippen LogP) is 4.03. The normalized spacial score (nSPS) is 10.7. The number of hydrogen-bond acceptors (Lipinski definition) is 6. The smallest absolute Gasteiger partial charge is 0.421 e. The standard InChI is InChI=1S/C22H27N3O5/c1-5-6-13-29-20(27)24-19-23-15-18(25(19)21(28)30-22(2,3)4)17-11-7-9-16(14-17)10-8-12-26/h7,9,11,14-15,26H,5-6,12-13H2,1-4H3,(H,23,24,27). The highest BCUT2D eigenvalue weighted by atomic mass is 16.6. The Hall–Kier alpha value is -3.31. The number of amides is 1. The molecule has 8 heteroatoms. The minimum Gasteiger partial charge on any atom is -0.449 e. The number of ether oxygens (including phenoxy) is 2. The van der Waals surface area contributed by atoms with Gasteiger partial charge in [0.05, 0.1) is 18.5 Å². The van der Waals surface area contributed by atoms with Gasteiger partial charge in [0.1, 0.15) is 12.2 Å². The molecule has 30 heavy (non-hydrogen) atoms. The number of anilines is 1. The Morgan fingerprint density at radius 1 is 1.30 bits per heavy atom. The first-order chi connectivity index (χ1) is 14.2. The molecule has 0 aliphatic rings. The largest absolute Gasteiger partial charge is 0.449 e. The van der Waals surface area contributed by atoms with Crippen LogP contribution in [0.25, 0.3) is 11.3 Å². The number of rotatable bonds is 5. The van der Waals surface area contributed by atoms with Crippen molar-refractivity contribution < 1.29 is 24.2 Å². The quantitative estimate of drug-likeness (QED) is 0.567. The van der Waals surface area contributed by atoms with Crippen LogP contribution in [0.2, 0.25) is 0 Å². The molecule has 0 saturated carbocycles. The highest BCUT2D eigenvalue weighted by molar-refractivity contribution is 5.88. The zero-order valence-electron chi connectivity index (χ0n) is 17.7. The van der Waals surface area contributed by atoms with Crippen molar-refractivity contribution in [1.29, 1.82) is 0 Å². The maximum Gasteiger partial charge on any atom is 0.421 e. The van der Waals surface area contributed by atoms with Crippen LogP contribution in [0.15, 0.2) is 30.5 Å². The number of benzene rings is 1. The first-order valence-electron chi connectivity index (χ1n) is 9.70. The highest BCUT2D eigenvalue weighted by Crippen LogP contribution is 2.26. The second-order valence-corrected chi connectivity index (χ2v) is 7.44. The molecule has 160 valence electrons. The van der Waals surface area contributed by atoms with Gasteiger partial charge in [0.15, 0.2) is 0 Å². The third kappa shape index (κ3) is 6.64. The topological polar surface area (TPSA) is 103 Å². The average molecular weight is 413 g/mol. The third-order valence-electron chi connectivity index (χ3n) is 3.75. The van der Waals surface area contributed by atoms with Crippen LogP contribution in [0.1, 0.15) is 46.1 Å². The molecule has 2 N–H and O–H groups in total. The summed E-state index contributed by atoms with van der Waals surface area (Å²) in [5, 5.41) is 11.4. The van der Waals surface area contributed by atoms with E-state index < -0.39 is 17.8 Å². The number of carbonyl (C=O) groups excluding carboxylic acids is 2. The Kier molecular flexibility index (Phi) is 8.01. The number of imidazole rings is 1. The van der Waals surface area contributed by atoms with Crippen molar-refractivity contribution in [2.24, 2.45) is 0 Å². The molecule has 0 spiro atoms. The van der Waals surface area contributed by atoms with E-state index in [2.05, 4.69) is 22.1 Å². The summed E-state index contributed by atoms with van der Waals surface area (Å²) in [7, 11) is 0. The first-order valence-corrected chi connectivity index (χ1v) is 9.70. The van der Waals surface area contributed by atoms with Crippen molar-refractivity contribution >= 4 is 18.1 Å². The molecular formula is C22H27N3O5. The van der Waals surface area contributed by atoms with Gasteiger partial charge in [-0.25, -0.2) is 19.1 Å². The number of aliphatic hydroxyl groups is 1. The van der Waals surface area contributed by atoms with Gasteiger partial charge in [-0.1, -0.05) is 37.3 Å². The summed E-state index contributed by atoms with van der Waals surface area (Å²) in [6.07, 6.45) is 1.70. The number of aromatic nitrogens is 2. The number of aliphatic hydroxyl groups excluding tert-OH is 1. The van der Waals surface area contributed by atoms with Crippen molar-refractivity contribution in [2.75, 3.05) is 18.5 Å². The Balaban J connectivity index is 2.42. The molecule has 2 aromatic rings. The SMILES string of the molecule is CCCCOC(=O)Nc1ncc(-c2cccc(C#CCO)c2)n1C(=O)OC(C)(C)C. The van der Waals surface area contributed by atoms with Crippen LogP contribution in [0.3, 0.4) is 0 Å². The van der Waals surface area contributed by atoms with Crippen LogP contribution in [-0.2, 0) is 9.47 Å². The number of carbonyl (C=O) groups is 2. The van der Waals surface area contributed by atoms with E-state index >= 15 is 0 Å². The van der Waals surface area contributed by atoms with E-state index in [1.165, 1.54) is 10.8 Å². The van der Waals surface area contributed by atoms with Crippen LogP contribution < -0.4 is 5.32 Å². The van der Waals surface area contributed by atoms with Crippen LogP contribution in [0.4, 0.5) is 15.5 Å². The van der Waals surface area contributed by atoms with Crippen LogP contribution in [-0.4, -0.2) is 45.7 Å². The summed E-state index contributed by atoms with van der Waals surface area (Å²) in [6.45, 7) is 7.25. The Morgan fingerprint density at radius 3 is 2.73 bits per heavy atom. The van der Waals surface area contributed by atoms with Gasteiger partial charge >= 0.3 is 12.2 Å². The fourth-order valence-electron chi connectivity index (χ4n) is 2.47. The molecule has 1 aromatic carbocycles. The van der Waals surface area contributed by atoms with Gasteiger partial charge in [0.2, 0.25) is 5.95 Å². The fraction of sp³-hybridized carbons (Fsp3) is 0.409. The van der Waals surface area contributed by atoms with Crippen LogP contribution >= 0.6 is 0 Å². The maximum absolute atomic E-state index is 12.9. The molecule has 2 rings (SSSR count). The summed E-state index contributed by atoms with van der Waals surface area (Å²) >= 11 is 0. The van der Waals surface area contributed by atoms with E-state index in [1.54, 1.807) is 45.0 Å². The molecule has 0 fully saturated rings. The lowest BCUT2D eigenvalue weighted by Crippen LogP contribution is -2.29. The lowest BCUT2D eigenvalue weighted by Gasteiger charge is -2.21. The molecule has 0 aliphatic carbocycles. The molecule has 1 aromatic heterocycles. The van der Waals surface area contributed by atoms with E-state index in [1.807, 2.05) is 6.92 Å². The molecule has 0 aliphatic heterocycles. The van der Waals surface area contributed by atoms with E-state index in [0.717, 1.165) is 12.8 Å². The van der Waals surface area contributed by atoms with Crippen LogP contribution in [0.5, 0.6) is 0 Å². The number of unbranched alkanes of at least 4 members (excludes halogenated alkanes) is 1. The minimum atomic E-state index is -0.744. The molecule has 0 unspecified atom stereocenters. The summed E-state index contributed by atoms with van der Waals surface area (Å²) in [5.74, 6) is 5.40. The first kappa shape index (κ1) is 23.0. The van der Waals surface area contributed by atoms with Gasteiger partial charge in [-0.2, -0.15) is 0 Å². The molecule has 1 heterocycles. The Bertz CT molecular complexity index is 948. The van der Waals surface area contributed by atoms with Gasteiger partial charge in [-0.05, 0) is 39.3 Å². The molecule has 8 nitrogen and oxygen atoms in total. The van der Waals surface area contributed by atoms with Crippen molar-refractivity contribution in [3.05, 3.63) is 36.0 Å². The van der Waals surface area contributed by atoms with Gasteiger partial charge in [0.25, 0.3) is 0 Å². The van der Waals surface area contributed by atoms with Crippen molar-refractivity contribution in [3.63, 3.8) is 0 Å². The lowest BCUT2D eigenvalue weighted by molar-refractivity contribution is 0.0543. The Morgan fingerprint density at radius 2 is 2.07 bits per heavy atom. The third-order valence-corrected chi connectivity index (χ3v) is 3.75. The van der Waals surface area contributed by atoms with E-state index in [4.69, 9.17) is 14.6 Å². The van der Waals surface area contributed by atoms with Gasteiger partial charge in [-0.3, -0.25) is 5.32 Å². The molecular weight excluding hydrogens is 386 g/mol. The zero-order valence-corrected chi connectivity index (χ0v) is 17.7. The summed E-state index contributed by atoms with van der Waals surface area (Å²) < 4.78 is 11.8. The summed E-state index contributed by atoms with van der Waals surface area (Å²) in [5.41, 5.74) is 0.977. The number of nitrogens with one attached hydrogen (secondary N) is 1. The molecule has 0 radical (unpaired) electrons. The minimum absolute atomic E-state index is 0.00686. The summed E-state index contributed by atoms with van der Waals surface area (Å²) in [6, 6.07) is 7.09. The average Bonchev–Trinajstić information content (AvgIpc) is 3.09. The van der Waals surface area contributed by atoms with Gasteiger partial charge in [-0.15, -0.1) is 0 Å². The van der Waals surface area contributed by atoms with Crippen molar-refractivity contribution in [2.45, 2.75) is 46.1 Å². The van der Waals surface area contributed by atoms with Gasteiger partial charge < -0.3 is 14.6 Å². The van der Waals surface area contributed by atoms with Gasteiger partial charge in [0, 0.05) is 11.1 Å². The maximum atomic E-state index is 12.9. The highest BCUT2D eigenvalue weighted by Gasteiger charge is 2.25. The fourth-order valence-corrected chi connectivity index (χ4v) is 2.47. The van der Waals surface area contributed by atoms with E-state index in [0.29, 0.717) is 16.8 Å². The molecule has 0 bridgehead atoms. The zero-order chi connectivity index (χ0) is 22.1.